The monoisotopic (exact) mass is 253 g/mol. The summed E-state index contributed by atoms with van der Waals surface area (Å²) in [7, 11) is 0. The molecule has 1 rings (SSSR count). The maximum Gasteiger partial charge on any atom is 0.280 e. The van der Waals surface area contributed by atoms with Gasteiger partial charge >= 0.3 is 0 Å². The third-order valence-electron chi connectivity index (χ3n) is 1.97. The molecule has 0 saturated carbocycles. The molecule has 0 saturated heterocycles. The molecule has 0 aromatic heterocycles. The predicted molar refractivity (Wildman–Crippen MR) is 68.7 cm³/mol. The number of Topliss-reactive ketones (excluding diaryl/α,β-unsaturated/α-hetero) is 1. The first kappa shape index (κ1) is 13.7. The Labute approximate surface area is 105 Å². The van der Waals surface area contributed by atoms with Crippen molar-refractivity contribution >= 4 is 23.2 Å². The SMILES string of the molecule is CC(=O)c1cc(SC(C)(C)C)ccc1[N+](=O)[O-]. The number of nitrogens with zero attached hydrogens (tertiary/aromatic N) is 1. The summed E-state index contributed by atoms with van der Waals surface area (Å²) in [4.78, 5) is 22.5. The number of thioether (sulfide) groups is 1. The molecule has 0 aliphatic carbocycles. The lowest BCUT2D eigenvalue weighted by atomic mass is 10.1. The Morgan fingerprint density at radius 3 is 2.35 bits per heavy atom. The summed E-state index contributed by atoms with van der Waals surface area (Å²) < 4.78 is 0.00416. The summed E-state index contributed by atoms with van der Waals surface area (Å²) in [6.45, 7) is 7.49. The Balaban J connectivity index is 3.19. The van der Waals surface area contributed by atoms with E-state index in [1.807, 2.05) is 20.8 Å². The van der Waals surface area contributed by atoms with Gasteiger partial charge in [-0.2, -0.15) is 0 Å². The van der Waals surface area contributed by atoms with E-state index in [0.29, 0.717) is 0 Å². The van der Waals surface area contributed by atoms with Crippen molar-refractivity contribution < 1.29 is 9.72 Å². The third-order valence-corrected chi connectivity index (χ3v) is 3.07. The van der Waals surface area contributed by atoms with Gasteiger partial charge in [0, 0.05) is 15.7 Å². The van der Waals surface area contributed by atoms with Gasteiger partial charge in [-0.15, -0.1) is 11.8 Å². The van der Waals surface area contributed by atoms with Crippen LogP contribution in [-0.4, -0.2) is 15.5 Å². The zero-order valence-corrected chi connectivity index (χ0v) is 11.1. The van der Waals surface area contributed by atoms with E-state index in [1.165, 1.54) is 13.0 Å². The molecule has 0 atom stereocenters. The number of ketones is 1. The van der Waals surface area contributed by atoms with Gasteiger partial charge in [0.1, 0.15) is 0 Å². The van der Waals surface area contributed by atoms with Crippen LogP contribution in [0.5, 0.6) is 0 Å². The summed E-state index contributed by atoms with van der Waals surface area (Å²) >= 11 is 1.58. The average Bonchev–Trinajstić information content (AvgIpc) is 2.14. The first-order chi connectivity index (χ1) is 7.70. The number of nitro groups is 1. The predicted octanol–water partition coefficient (Wildman–Crippen LogP) is 3.69. The van der Waals surface area contributed by atoms with Crippen LogP contribution in [0.2, 0.25) is 0 Å². The van der Waals surface area contributed by atoms with Crippen LogP contribution in [0, 0.1) is 10.1 Å². The first-order valence-corrected chi connectivity index (χ1v) is 6.01. The van der Waals surface area contributed by atoms with Gasteiger partial charge in [0.05, 0.1) is 10.5 Å². The summed E-state index contributed by atoms with van der Waals surface area (Å²) in [6, 6.07) is 4.67. The molecule has 0 N–H and O–H groups in total. The van der Waals surface area contributed by atoms with Crippen molar-refractivity contribution in [3.05, 3.63) is 33.9 Å². The zero-order chi connectivity index (χ0) is 13.2. The van der Waals surface area contributed by atoms with Crippen LogP contribution < -0.4 is 0 Å². The minimum Gasteiger partial charge on any atom is -0.294 e. The van der Waals surface area contributed by atoms with E-state index in [-0.39, 0.29) is 21.8 Å². The summed E-state index contributed by atoms with van der Waals surface area (Å²) in [5.41, 5.74) is 0.0417. The lowest BCUT2D eigenvalue weighted by Crippen LogP contribution is -2.07. The van der Waals surface area contributed by atoms with Crippen LogP contribution in [0.15, 0.2) is 23.1 Å². The van der Waals surface area contributed by atoms with Crippen molar-refractivity contribution in [3.8, 4) is 0 Å². The molecule has 4 nitrogen and oxygen atoms in total. The molecule has 5 heteroatoms. The highest BCUT2D eigenvalue weighted by Gasteiger charge is 2.20. The number of benzene rings is 1. The van der Waals surface area contributed by atoms with Crippen molar-refractivity contribution in [3.63, 3.8) is 0 Å². The van der Waals surface area contributed by atoms with Gasteiger partial charge in [-0.1, -0.05) is 20.8 Å². The third kappa shape index (κ3) is 3.85. The molecule has 0 fully saturated rings. The molecule has 0 heterocycles. The molecule has 1 aromatic rings. The Kier molecular flexibility index (Phi) is 3.93. The van der Waals surface area contributed by atoms with Crippen LogP contribution in [0.3, 0.4) is 0 Å². The number of nitro benzene ring substituents is 1. The Morgan fingerprint density at radius 2 is 1.94 bits per heavy atom. The summed E-state index contributed by atoms with van der Waals surface area (Å²) in [5, 5.41) is 10.8. The smallest absolute Gasteiger partial charge is 0.280 e. The minimum atomic E-state index is -0.526. The van der Waals surface area contributed by atoms with Crippen molar-refractivity contribution in [1.29, 1.82) is 0 Å². The molecule has 0 unspecified atom stereocenters. The van der Waals surface area contributed by atoms with Crippen molar-refractivity contribution in [2.24, 2.45) is 0 Å². The number of hydrogen-bond donors (Lipinski definition) is 0. The summed E-state index contributed by atoms with van der Waals surface area (Å²) in [5.74, 6) is -0.284. The molecule has 0 amide bonds. The largest absolute Gasteiger partial charge is 0.294 e. The van der Waals surface area contributed by atoms with E-state index >= 15 is 0 Å². The normalized spacial score (nSPS) is 11.3. The van der Waals surface area contributed by atoms with Crippen molar-refractivity contribution in [1.82, 2.24) is 0 Å². The molecule has 17 heavy (non-hydrogen) atoms. The highest BCUT2D eigenvalue weighted by atomic mass is 32.2. The lowest BCUT2D eigenvalue weighted by Gasteiger charge is -2.17. The molecule has 0 spiro atoms. The average molecular weight is 253 g/mol. The number of carbonyl (C=O) groups excluding carboxylic acids is 1. The van der Waals surface area contributed by atoms with Crippen LogP contribution >= 0.6 is 11.8 Å². The second-order valence-electron chi connectivity index (χ2n) is 4.71. The fourth-order valence-electron chi connectivity index (χ4n) is 1.37. The minimum absolute atomic E-state index is 0.00416. The molecule has 0 bridgehead atoms. The van der Waals surface area contributed by atoms with Gasteiger partial charge in [0.15, 0.2) is 5.78 Å². The summed E-state index contributed by atoms with van der Waals surface area (Å²) in [6.07, 6.45) is 0. The Bertz CT molecular complexity index is 463. The van der Waals surface area contributed by atoms with Crippen LogP contribution in [-0.2, 0) is 0 Å². The fourth-order valence-corrected chi connectivity index (χ4v) is 2.39. The van der Waals surface area contributed by atoms with E-state index in [0.717, 1.165) is 4.90 Å². The van der Waals surface area contributed by atoms with E-state index in [2.05, 4.69) is 0 Å². The Hall–Kier alpha value is -1.36. The van der Waals surface area contributed by atoms with Gasteiger partial charge in [0.2, 0.25) is 0 Å². The van der Waals surface area contributed by atoms with Gasteiger partial charge < -0.3 is 0 Å². The van der Waals surface area contributed by atoms with Crippen molar-refractivity contribution in [2.75, 3.05) is 0 Å². The standard InChI is InChI=1S/C12H15NO3S/c1-8(14)10-7-9(17-12(2,3)4)5-6-11(10)13(15)16/h5-7H,1-4H3. The van der Waals surface area contributed by atoms with E-state index in [4.69, 9.17) is 0 Å². The van der Waals surface area contributed by atoms with Gasteiger partial charge in [-0.3, -0.25) is 14.9 Å². The molecular formula is C12H15NO3S. The maximum atomic E-state index is 11.4. The molecule has 1 aromatic carbocycles. The highest BCUT2D eigenvalue weighted by molar-refractivity contribution is 8.00. The van der Waals surface area contributed by atoms with E-state index in [9.17, 15) is 14.9 Å². The van der Waals surface area contributed by atoms with Crippen molar-refractivity contribution in [2.45, 2.75) is 37.3 Å². The lowest BCUT2D eigenvalue weighted by molar-refractivity contribution is -0.385. The van der Waals surface area contributed by atoms with Crippen LogP contribution in [0.25, 0.3) is 0 Å². The maximum absolute atomic E-state index is 11.4. The van der Waals surface area contributed by atoms with E-state index < -0.39 is 4.92 Å². The van der Waals surface area contributed by atoms with Gasteiger partial charge in [0.25, 0.3) is 5.69 Å². The molecule has 0 radical (unpaired) electrons. The molecule has 92 valence electrons. The number of rotatable bonds is 3. The van der Waals surface area contributed by atoms with Gasteiger partial charge in [-0.25, -0.2) is 0 Å². The topological polar surface area (TPSA) is 60.2 Å². The van der Waals surface area contributed by atoms with Crippen LogP contribution in [0.1, 0.15) is 38.1 Å². The fraction of sp³-hybridized carbons (Fsp3) is 0.417. The second kappa shape index (κ2) is 4.87. The quantitative estimate of drug-likeness (QED) is 0.357. The van der Waals surface area contributed by atoms with Crippen LogP contribution in [0.4, 0.5) is 5.69 Å². The molecular weight excluding hydrogens is 238 g/mol. The number of carbonyl (C=O) groups is 1. The molecule has 0 aliphatic rings. The van der Waals surface area contributed by atoms with Gasteiger partial charge in [-0.05, 0) is 19.1 Å². The molecule has 0 aliphatic heterocycles. The first-order valence-electron chi connectivity index (χ1n) is 5.19. The highest BCUT2D eigenvalue weighted by Crippen LogP contribution is 2.34. The Morgan fingerprint density at radius 1 is 1.35 bits per heavy atom. The van der Waals surface area contributed by atoms with E-state index in [1.54, 1.807) is 23.9 Å². The number of hydrogen-bond acceptors (Lipinski definition) is 4. The second-order valence-corrected chi connectivity index (χ2v) is 6.61. The zero-order valence-electron chi connectivity index (χ0n) is 10.3.